The number of amides is 1. The highest BCUT2D eigenvalue weighted by Gasteiger charge is 2.40. The highest BCUT2D eigenvalue weighted by molar-refractivity contribution is 7.90. The molecule has 148 valence electrons. The van der Waals surface area contributed by atoms with Gasteiger partial charge in [-0.3, -0.25) is 9.69 Å². The van der Waals surface area contributed by atoms with Crippen LogP contribution >= 0.6 is 0 Å². The van der Waals surface area contributed by atoms with Crippen molar-refractivity contribution < 1.29 is 13.2 Å². The minimum atomic E-state index is -3.41. The molecule has 0 aromatic heterocycles. The summed E-state index contributed by atoms with van der Waals surface area (Å²) in [5, 5.41) is 0. The van der Waals surface area contributed by atoms with E-state index in [1.165, 1.54) is 0 Å². The van der Waals surface area contributed by atoms with E-state index in [2.05, 4.69) is 4.90 Å². The van der Waals surface area contributed by atoms with Gasteiger partial charge in [0.15, 0.2) is 9.84 Å². The van der Waals surface area contributed by atoms with Gasteiger partial charge in [0.2, 0.25) is 5.91 Å². The maximum atomic E-state index is 12.8. The van der Waals surface area contributed by atoms with E-state index >= 15 is 0 Å². The maximum absolute atomic E-state index is 12.8. The summed E-state index contributed by atoms with van der Waals surface area (Å²) in [6.45, 7) is 4.28. The third-order valence-corrected chi connectivity index (χ3v) is 7.63. The van der Waals surface area contributed by atoms with E-state index in [0.717, 1.165) is 37.1 Å². The van der Waals surface area contributed by atoms with Crippen molar-refractivity contribution >= 4 is 15.7 Å². The van der Waals surface area contributed by atoms with Gasteiger partial charge in [-0.05, 0) is 43.0 Å². The van der Waals surface area contributed by atoms with Gasteiger partial charge in [-0.1, -0.05) is 42.5 Å². The highest BCUT2D eigenvalue weighted by Crippen LogP contribution is 2.28. The van der Waals surface area contributed by atoms with Crippen LogP contribution in [0.5, 0.6) is 0 Å². The van der Waals surface area contributed by atoms with Gasteiger partial charge in [0.1, 0.15) is 0 Å². The summed E-state index contributed by atoms with van der Waals surface area (Å²) in [6.07, 6.45) is 2.13. The molecule has 2 aromatic carbocycles. The molecule has 2 fully saturated rings. The molecule has 2 heterocycles. The Balaban J connectivity index is 1.56. The van der Waals surface area contributed by atoms with Gasteiger partial charge in [-0.2, -0.15) is 0 Å². The second-order valence-electron chi connectivity index (χ2n) is 7.77. The Kier molecular flexibility index (Phi) is 5.25. The van der Waals surface area contributed by atoms with Gasteiger partial charge >= 0.3 is 0 Å². The topological polar surface area (TPSA) is 57.7 Å². The van der Waals surface area contributed by atoms with Crippen molar-refractivity contribution in [3.8, 4) is 0 Å². The number of piperazine rings is 1. The average Bonchev–Trinajstić information content (AvgIpc) is 3.16. The highest BCUT2D eigenvalue weighted by atomic mass is 32.2. The quantitative estimate of drug-likeness (QED) is 0.777. The van der Waals surface area contributed by atoms with Gasteiger partial charge in [0.05, 0.1) is 16.7 Å². The number of hydrogen-bond donors (Lipinski definition) is 0. The van der Waals surface area contributed by atoms with Crippen LogP contribution in [0.3, 0.4) is 0 Å². The molecule has 0 N–H and O–H groups in total. The summed E-state index contributed by atoms with van der Waals surface area (Å²) in [7, 11) is -3.41. The van der Waals surface area contributed by atoms with Crippen molar-refractivity contribution in [2.24, 2.45) is 0 Å². The molecule has 0 unspecified atom stereocenters. The first-order chi connectivity index (χ1) is 13.5. The SMILES string of the molecule is C[C@@H]1C(=O)N2CCC[C@@H]2CN1Cc1ccccc1CS(=O)(=O)c1ccccc1. The predicted molar refractivity (Wildman–Crippen MR) is 108 cm³/mol. The number of carbonyl (C=O) groups is 1. The first kappa shape index (κ1) is 19.2. The molecule has 2 aromatic rings. The number of benzene rings is 2. The second kappa shape index (κ2) is 7.68. The van der Waals surface area contributed by atoms with Crippen LogP contribution in [0.1, 0.15) is 30.9 Å². The Morgan fingerprint density at radius 2 is 1.68 bits per heavy atom. The predicted octanol–water partition coefficient (Wildman–Crippen LogP) is 2.86. The summed E-state index contributed by atoms with van der Waals surface area (Å²) in [5.41, 5.74) is 1.79. The number of carbonyl (C=O) groups excluding carboxylic acids is 1. The molecule has 0 saturated carbocycles. The van der Waals surface area contributed by atoms with Crippen molar-refractivity contribution in [3.63, 3.8) is 0 Å². The average molecular weight is 399 g/mol. The standard InChI is InChI=1S/C22H26N2O3S/c1-17-22(25)24-13-7-10-20(24)15-23(17)14-18-8-5-6-9-19(18)16-28(26,27)21-11-3-2-4-12-21/h2-6,8-9,11-12,17,20H,7,10,13-16H2,1H3/t17-,20-/m1/s1. The smallest absolute Gasteiger partial charge is 0.239 e. The van der Waals surface area contributed by atoms with Crippen molar-refractivity contribution in [3.05, 3.63) is 65.7 Å². The molecule has 28 heavy (non-hydrogen) atoms. The maximum Gasteiger partial charge on any atom is 0.239 e. The number of rotatable bonds is 5. The van der Waals surface area contributed by atoms with Crippen LogP contribution in [-0.4, -0.2) is 49.3 Å². The number of nitrogens with zero attached hydrogens (tertiary/aromatic N) is 2. The third kappa shape index (κ3) is 3.71. The lowest BCUT2D eigenvalue weighted by atomic mass is 10.0. The first-order valence-electron chi connectivity index (χ1n) is 9.85. The molecular formula is C22H26N2O3S. The zero-order chi connectivity index (χ0) is 19.7. The van der Waals surface area contributed by atoms with E-state index in [9.17, 15) is 13.2 Å². The molecule has 6 heteroatoms. The zero-order valence-electron chi connectivity index (χ0n) is 16.1. The lowest BCUT2D eigenvalue weighted by molar-refractivity contribution is -0.143. The molecule has 0 radical (unpaired) electrons. The van der Waals surface area contributed by atoms with E-state index in [-0.39, 0.29) is 17.7 Å². The Morgan fingerprint density at radius 1 is 1.00 bits per heavy atom. The van der Waals surface area contributed by atoms with Crippen molar-refractivity contribution in [1.82, 2.24) is 9.80 Å². The zero-order valence-corrected chi connectivity index (χ0v) is 16.9. The molecule has 4 rings (SSSR count). The van der Waals surface area contributed by atoms with E-state index in [0.29, 0.717) is 17.5 Å². The second-order valence-corrected chi connectivity index (χ2v) is 9.76. The Morgan fingerprint density at radius 3 is 2.43 bits per heavy atom. The molecule has 2 atom stereocenters. The largest absolute Gasteiger partial charge is 0.337 e. The fourth-order valence-electron chi connectivity index (χ4n) is 4.33. The monoisotopic (exact) mass is 398 g/mol. The summed E-state index contributed by atoms with van der Waals surface area (Å²) < 4.78 is 25.7. The molecule has 1 amide bonds. The summed E-state index contributed by atoms with van der Waals surface area (Å²) in [4.78, 5) is 17.3. The van der Waals surface area contributed by atoms with E-state index in [1.54, 1.807) is 24.3 Å². The number of fused-ring (bicyclic) bond motifs is 1. The normalized spacial score (nSPS) is 23.0. The molecular weight excluding hydrogens is 372 g/mol. The molecule has 0 bridgehead atoms. The van der Waals surface area contributed by atoms with Crippen LogP contribution in [0.4, 0.5) is 0 Å². The van der Waals surface area contributed by atoms with Gasteiger partial charge in [0.25, 0.3) is 0 Å². The summed E-state index contributed by atoms with van der Waals surface area (Å²) in [6, 6.07) is 16.4. The van der Waals surface area contributed by atoms with E-state index in [1.807, 2.05) is 42.2 Å². The van der Waals surface area contributed by atoms with Crippen LogP contribution in [0.2, 0.25) is 0 Å². The van der Waals surface area contributed by atoms with Crippen LogP contribution in [0.15, 0.2) is 59.5 Å². The van der Waals surface area contributed by atoms with E-state index in [4.69, 9.17) is 0 Å². The Bertz CT molecular complexity index is 959. The van der Waals surface area contributed by atoms with Gasteiger partial charge in [0, 0.05) is 25.7 Å². The van der Waals surface area contributed by atoms with Crippen LogP contribution in [0.25, 0.3) is 0 Å². The minimum absolute atomic E-state index is 0.0289. The van der Waals surface area contributed by atoms with Gasteiger partial charge in [-0.25, -0.2) is 8.42 Å². The van der Waals surface area contributed by atoms with Crippen LogP contribution in [0, 0.1) is 0 Å². The van der Waals surface area contributed by atoms with Crippen LogP contribution in [-0.2, 0) is 26.9 Å². The molecule has 2 saturated heterocycles. The fourth-order valence-corrected chi connectivity index (χ4v) is 5.76. The van der Waals surface area contributed by atoms with Crippen molar-refractivity contribution in [2.45, 2.75) is 49.0 Å². The molecule has 2 aliphatic rings. The lowest BCUT2D eigenvalue weighted by Crippen LogP contribution is -2.58. The van der Waals surface area contributed by atoms with Gasteiger partial charge < -0.3 is 4.90 Å². The fraction of sp³-hybridized carbons (Fsp3) is 0.409. The van der Waals surface area contributed by atoms with Crippen molar-refractivity contribution in [2.75, 3.05) is 13.1 Å². The number of hydrogen-bond acceptors (Lipinski definition) is 4. The third-order valence-electron chi connectivity index (χ3n) is 5.95. The van der Waals surface area contributed by atoms with E-state index < -0.39 is 9.84 Å². The molecule has 0 spiro atoms. The summed E-state index contributed by atoms with van der Waals surface area (Å²) in [5.74, 6) is 0.168. The molecule has 0 aliphatic carbocycles. The van der Waals surface area contributed by atoms with Crippen molar-refractivity contribution in [1.29, 1.82) is 0 Å². The first-order valence-corrected chi connectivity index (χ1v) is 11.5. The molecule has 5 nitrogen and oxygen atoms in total. The molecule has 2 aliphatic heterocycles. The lowest BCUT2D eigenvalue weighted by Gasteiger charge is -2.41. The van der Waals surface area contributed by atoms with Crippen LogP contribution < -0.4 is 0 Å². The van der Waals surface area contributed by atoms with Gasteiger partial charge in [-0.15, -0.1) is 0 Å². The minimum Gasteiger partial charge on any atom is -0.337 e. The summed E-state index contributed by atoms with van der Waals surface area (Å²) >= 11 is 0. The Labute approximate surface area is 166 Å². The Hall–Kier alpha value is -2.18. The number of sulfone groups is 1.